The highest BCUT2D eigenvalue weighted by atomic mass is 127. The zero-order valence-electron chi connectivity index (χ0n) is 7.43. The molecule has 2 unspecified atom stereocenters. The average molecular weight is 324 g/mol. The van der Waals surface area contributed by atoms with Crippen molar-refractivity contribution in [1.82, 2.24) is 10.9 Å². The monoisotopic (exact) mass is 323 g/mol. The number of nitrogens with one attached hydrogen (secondary N) is 2. The van der Waals surface area contributed by atoms with Crippen molar-refractivity contribution in [3.63, 3.8) is 0 Å². The van der Waals surface area contributed by atoms with E-state index >= 15 is 0 Å². The SMILES string of the molecule is NC1CC(c2ccc(I)c(Cl)c2)NN1. The van der Waals surface area contributed by atoms with Crippen molar-refractivity contribution in [3.05, 3.63) is 32.4 Å². The molecule has 2 atom stereocenters. The summed E-state index contributed by atoms with van der Waals surface area (Å²) in [4.78, 5) is 0. The molecule has 0 bridgehead atoms. The van der Waals surface area contributed by atoms with Gasteiger partial charge in [-0.25, -0.2) is 10.9 Å². The lowest BCUT2D eigenvalue weighted by Crippen LogP contribution is -2.36. The van der Waals surface area contributed by atoms with Crippen molar-refractivity contribution in [2.45, 2.75) is 18.6 Å². The molecule has 5 heteroatoms. The second-order valence-corrected chi connectivity index (χ2v) is 4.93. The molecule has 0 saturated carbocycles. The van der Waals surface area contributed by atoms with Crippen LogP contribution in [-0.2, 0) is 0 Å². The van der Waals surface area contributed by atoms with Crippen molar-refractivity contribution >= 4 is 34.2 Å². The van der Waals surface area contributed by atoms with E-state index in [0.29, 0.717) is 0 Å². The summed E-state index contributed by atoms with van der Waals surface area (Å²) in [5.41, 5.74) is 13.0. The van der Waals surface area contributed by atoms with E-state index < -0.39 is 0 Å². The summed E-state index contributed by atoms with van der Waals surface area (Å²) in [5, 5.41) is 0.797. The van der Waals surface area contributed by atoms with Crippen molar-refractivity contribution in [2.24, 2.45) is 5.73 Å². The van der Waals surface area contributed by atoms with Crippen LogP contribution < -0.4 is 16.6 Å². The minimum absolute atomic E-state index is 0.0260. The van der Waals surface area contributed by atoms with E-state index in [-0.39, 0.29) is 12.2 Å². The van der Waals surface area contributed by atoms with Gasteiger partial charge in [0.1, 0.15) is 0 Å². The molecule has 3 nitrogen and oxygen atoms in total. The van der Waals surface area contributed by atoms with E-state index in [1.165, 1.54) is 5.56 Å². The third-order valence-electron chi connectivity index (χ3n) is 2.28. The van der Waals surface area contributed by atoms with E-state index in [1.54, 1.807) is 0 Å². The Morgan fingerprint density at radius 2 is 2.21 bits per heavy atom. The van der Waals surface area contributed by atoms with Crippen LogP contribution in [-0.4, -0.2) is 6.17 Å². The summed E-state index contributed by atoms with van der Waals surface area (Å²) < 4.78 is 1.07. The second kappa shape index (κ2) is 4.32. The Morgan fingerprint density at radius 3 is 2.79 bits per heavy atom. The maximum atomic E-state index is 6.04. The minimum Gasteiger partial charge on any atom is -0.315 e. The molecule has 0 amide bonds. The molecule has 4 N–H and O–H groups in total. The minimum atomic E-state index is 0.0260. The first-order valence-corrected chi connectivity index (χ1v) is 5.84. The van der Waals surface area contributed by atoms with Gasteiger partial charge in [0.05, 0.1) is 11.2 Å². The fraction of sp³-hybridized carbons (Fsp3) is 0.333. The lowest BCUT2D eigenvalue weighted by molar-refractivity contribution is 0.551. The summed E-state index contributed by atoms with van der Waals surface area (Å²) in [6, 6.07) is 6.34. The number of hydrazine groups is 1. The van der Waals surface area contributed by atoms with Crippen molar-refractivity contribution in [3.8, 4) is 0 Å². The molecule has 1 fully saturated rings. The van der Waals surface area contributed by atoms with Crippen LogP contribution in [0, 0.1) is 3.57 Å². The van der Waals surface area contributed by atoms with Crippen LogP contribution in [0.2, 0.25) is 5.02 Å². The molecular formula is C9H11ClIN3. The molecular weight excluding hydrogens is 312 g/mol. The van der Waals surface area contributed by atoms with Gasteiger partial charge in [0.2, 0.25) is 0 Å². The molecule has 1 aromatic carbocycles. The van der Waals surface area contributed by atoms with Crippen molar-refractivity contribution in [2.75, 3.05) is 0 Å². The van der Waals surface area contributed by atoms with Crippen LogP contribution >= 0.6 is 34.2 Å². The van der Waals surface area contributed by atoms with Gasteiger partial charge >= 0.3 is 0 Å². The summed E-state index contributed by atoms with van der Waals surface area (Å²) in [6.45, 7) is 0. The van der Waals surface area contributed by atoms with Gasteiger partial charge in [0.25, 0.3) is 0 Å². The summed E-state index contributed by atoms with van der Waals surface area (Å²) in [7, 11) is 0. The van der Waals surface area contributed by atoms with Crippen LogP contribution in [0.3, 0.4) is 0 Å². The van der Waals surface area contributed by atoms with Crippen LogP contribution in [0.1, 0.15) is 18.0 Å². The maximum Gasteiger partial charge on any atom is 0.0698 e. The van der Waals surface area contributed by atoms with E-state index in [0.717, 1.165) is 15.0 Å². The van der Waals surface area contributed by atoms with Gasteiger partial charge in [-0.15, -0.1) is 0 Å². The molecule has 1 aliphatic heterocycles. The average Bonchev–Trinajstić information content (AvgIpc) is 2.57. The largest absolute Gasteiger partial charge is 0.315 e. The standard InChI is InChI=1S/C9H11ClIN3/c10-6-3-5(1-2-7(6)11)8-4-9(12)14-13-8/h1-3,8-9,13-14H,4,12H2. The third kappa shape index (κ3) is 2.20. The lowest BCUT2D eigenvalue weighted by atomic mass is 10.1. The molecule has 2 rings (SSSR count). The van der Waals surface area contributed by atoms with Crippen LogP contribution in [0.25, 0.3) is 0 Å². The zero-order valence-corrected chi connectivity index (χ0v) is 10.3. The molecule has 0 aromatic heterocycles. The molecule has 0 aliphatic carbocycles. The predicted molar refractivity (Wildman–Crippen MR) is 65.8 cm³/mol. The van der Waals surface area contributed by atoms with E-state index in [1.807, 2.05) is 12.1 Å². The number of hydrogen-bond donors (Lipinski definition) is 3. The zero-order chi connectivity index (χ0) is 10.1. The number of benzene rings is 1. The Morgan fingerprint density at radius 1 is 1.43 bits per heavy atom. The number of rotatable bonds is 1. The molecule has 0 spiro atoms. The van der Waals surface area contributed by atoms with Gasteiger partial charge in [-0.3, -0.25) is 0 Å². The fourth-order valence-electron chi connectivity index (χ4n) is 1.53. The predicted octanol–water partition coefficient (Wildman–Crippen LogP) is 1.77. The lowest BCUT2D eigenvalue weighted by Gasteiger charge is -2.10. The van der Waals surface area contributed by atoms with E-state index in [4.69, 9.17) is 17.3 Å². The van der Waals surface area contributed by atoms with Gasteiger partial charge in [0.15, 0.2) is 0 Å². The highest BCUT2D eigenvalue weighted by Gasteiger charge is 2.22. The molecule has 14 heavy (non-hydrogen) atoms. The molecule has 1 heterocycles. The van der Waals surface area contributed by atoms with Crippen molar-refractivity contribution in [1.29, 1.82) is 0 Å². The number of hydrogen-bond acceptors (Lipinski definition) is 3. The quantitative estimate of drug-likeness (QED) is 0.691. The first kappa shape index (κ1) is 10.6. The second-order valence-electron chi connectivity index (χ2n) is 3.36. The summed E-state index contributed by atoms with van der Waals surface area (Å²) in [5.74, 6) is 0. The van der Waals surface area contributed by atoms with Gasteiger partial charge < -0.3 is 5.73 Å². The molecule has 76 valence electrons. The van der Waals surface area contributed by atoms with Crippen molar-refractivity contribution < 1.29 is 0 Å². The van der Waals surface area contributed by atoms with E-state index in [9.17, 15) is 0 Å². The van der Waals surface area contributed by atoms with Gasteiger partial charge in [0, 0.05) is 9.61 Å². The first-order valence-electron chi connectivity index (χ1n) is 4.38. The molecule has 1 saturated heterocycles. The summed E-state index contributed by atoms with van der Waals surface area (Å²) in [6.07, 6.45) is 0.912. The maximum absolute atomic E-state index is 6.04. The highest BCUT2D eigenvalue weighted by Crippen LogP contribution is 2.26. The Labute approximate surface area is 101 Å². The van der Waals surface area contributed by atoms with Crippen LogP contribution in [0.5, 0.6) is 0 Å². The first-order chi connectivity index (χ1) is 6.66. The summed E-state index contributed by atoms with van der Waals surface area (Å²) >= 11 is 8.26. The Balaban J connectivity index is 2.20. The van der Waals surface area contributed by atoms with Crippen LogP contribution in [0.4, 0.5) is 0 Å². The molecule has 1 aliphatic rings. The normalized spacial score (nSPS) is 26.8. The van der Waals surface area contributed by atoms with Gasteiger partial charge in [-0.1, -0.05) is 17.7 Å². The van der Waals surface area contributed by atoms with Gasteiger partial charge in [-0.2, -0.15) is 0 Å². The van der Waals surface area contributed by atoms with E-state index in [2.05, 4.69) is 39.5 Å². The number of nitrogens with two attached hydrogens (primary N) is 1. The highest BCUT2D eigenvalue weighted by molar-refractivity contribution is 14.1. The molecule has 1 aromatic rings. The smallest absolute Gasteiger partial charge is 0.0698 e. The van der Waals surface area contributed by atoms with Gasteiger partial charge in [-0.05, 0) is 46.7 Å². The molecule has 0 radical (unpaired) electrons. The Bertz CT molecular complexity index is 345. The third-order valence-corrected chi connectivity index (χ3v) is 3.85. The topological polar surface area (TPSA) is 50.1 Å². The van der Waals surface area contributed by atoms with Crippen LogP contribution in [0.15, 0.2) is 18.2 Å². The number of halogens is 2. The fourth-order valence-corrected chi connectivity index (χ4v) is 2.05. The Hall–Kier alpha value is 0.120. The Kier molecular flexibility index (Phi) is 3.28.